The Balaban J connectivity index is 2.13. The Morgan fingerprint density at radius 2 is 1.90 bits per heavy atom. The van der Waals surface area contributed by atoms with Gasteiger partial charge >= 0.3 is 5.97 Å². The van der Waals surface area contributed by atoms with Gasteiger partial charge in [-0.2, -0.15) is 0 Å². The van der Waals surface area contributed by atoms with Gasteiger partial charge in [-0.25, -0.2) is 9.18 Å². The van der Waals surface area contributed by atoms with Gasteiger partial charge in [-0.1, -0.05) is 29.3 Å². The highest BCUT2D eigenvalue weighted by Gasteiger charge is 2.09. The number of carboxylic acid groups (broad SMARTS) is 1. The molecule has 20 heavy (non-hydrogen) atoms. The molecule has 3 nitrogen and oxygen atoms in total. The molecule has 0 aliphatic carbocycles. The highest BCUT2D eigenvalue weighted by atomic mass is 35.5. The first-order chi connectivity index (χ1) is 9.47. The molecule has 0 saturated heterocycles. The lowest BCUT2D eigenvalue weighted by Crippen LogP contribution is -2.00. The molecular formula is C14H9Cl2FO3. The summed E-state index contributed by atoms with van der Waals surface area (Å²) in [7, 11) is 0. The number of aromatic carboxylic acids is 1. The van der Waals surface area contributed by atoms with Crippen molar-refractivity contribution < 1.29 is 19.0 Å². The van der Waals surface area contributed by atoms with Crippen molar-refractivity contribution >= 4 is 29.2 Å². The number of hydrogen-bond acceptors (Lipinski definition) is 2. The fourth-order valence-corrected chi connectivity index (χ4v) is 2.00. The summed E-state index contributed by atoms with van der Waals surface area (Å²) in [5, 5.41) is 9.26. The summed E-state index contributed by atoms with van der Waals surface area (Å²) in [6.45, 7) is 0.101. The van der Waals surface area contributed by atoms with E-state index in [1.165, 1.54) is 24.3 Å². The predicted octanol–water partition coefficient (Wildman–Crippen LogP) is 4.41. The minimum Gasteiger partial charge on any atom is -0.487 e. The molecule has 2 rings (SSSR count). The maximum absolute atomic E-state index is 12.9. The van der Waals surface area contributed by atoms with Crippen LogP contribution in [0.5, 0.6) is 5.75 Å². The molecule has 0 unspecified atom stereocenters. The Bertz CT molecular complexity index is 659. The Morgan fingerprint density at radius 1 is 1.15 bits per heavy atom. The first-order valence-electron chi connectivity index (χ1n) is 5.57. The van der Waals surface area contributed by atoms with Crippen LogP contribution in [0.3, 0.4) is 0 Å². The van der Waals surface area contributed by atoms with Crippen molar-refractivity contribution in [2.24, 2.45) is 0 Å². The molecule has 0 saturated carbocycles. The molecule has 0 aliphatic rings. The van der Waals surface area contributed by atoms with Gasteiger partial charge in [-0.05, 0) is 30.3 Å². The van der Waals surface area contributed by atoms with E-state index in [4.69, 9.17) is 33.0 Å². The van der Waals surface area contributed by atoms with Crippen molar-refractivity contribution in [2.45, 2.75) is 6.61 Å². The van der Waals surface area contributed by atoms with Crippen molar-refractivity contribution in [1.82, 2.24) is 0 Å². The largest absolute Gasteiger partial charge is 0.487 e. The average Bonchev–Trinajstić information content (AvgIpc) is 2.38. The molecule has 0 aromatic heterocycles. The van der Waals surface area contributed by atoms with Crippen molar-refractivity contribution in [2.75, 3.05) is 0 Å². The van der Waals surface area contributed by atoms with Crippen LogP contribution in [0.2, 0.25) is 10.0 Å². The van der Waals surface area contributed by atoms with E-state index in [1.807, 2.05) is 0 Å². The SMILES string of the molecule is O=C(O)c1ccc(COc2ccc(F)cc2Cl)c(Cl)c1. The van der Waals surface area contributed by atoms with Gasteiger partial charge in [0.25, 0.3) is 0 Å². The molecule has 0 amide bonds. The summed E-state index contributed by atoms with van der Waals surface area (Å²) >= 11 is 11.8. The third kappa shape index (κ3) is 3.40. The van der Waals surface area contributed by atoms with Crippen LogP contribution in [0, 0.1) is 5.82 Å². The molecule has 0 radical (unpaired) electrons. The predicted molar refractivity (Wildman–Crippen MR) is 74.2 cm³/mol. The van der Waals surface area contributed by atoms with Crippen molar-refractivity contribution in [3.05, 3.63) is 63.4 Å². The number of rotatable bonds is 4. The third-order valence-electron chi connectivity index (χ3n) is 2.58. The lowest BCUT2D eigenvalue weighted by atomic mass is 10.1. The van der Waals surface area contributed by atoms with Gasteiger partial charge in [-0.15, -0.1) is 0 Å². The quantitative estimate of drug-likeness (QED) is 0.909. The molecular weight excluding hydrogens is 306 g/mol. The summed E-state index contributed by atoms with van der Waals surface area (Å²) in [5.41, 5.74) is 0.704. The first-order valence-corrected chi connectivity index (χ1v) is 6.32. The lowest BCUT2D eigenvalue weighted by molar-refractivity contribution is 0.0697. The second kappa shape index (κ2) is 6.11. The number of ether oxygens (including phenoxy) is 1. The Morgan fingerprint density at radius 3 is 2.50 bits per heavy atom. The van der Waals surface area contributed by atoms with E-state index >= 15 is 0 Å². The minimum absolute atomic E-state index is 0.0959. The maximum atomic E-state index is 12.9. The number of hydrogen-bond donors (Lipinski definition) is 1. The van der Waals surface area contributed by atoms with Crippen LogP contribution < -0.4 is 4.74 Å². The van der Waals surface area contributed by atoms with E-state index in [2.05, 4.69) is 0 Å². The fraction of sp³-hybridized carbons (Fsp3) is 0.0714. The van der Waals surface area contributed by atoms with E-state index in [-0.39, 0.29) is 22.2 Å². The molecule has 0 atom stereocenters. The monoisotopic (exact) mass is 314 g/mol. The summed E-state index contributed by atoms with van der Waals surface area (Å²) in [6, 6.07) is 8.12. The van der Waals surface area contributed by atoms with Crippen LogP contribution in [0.4, 0.5) is 4.39 Å². The molecule has 0 fully saturated rings. The molecule has 0 spiro atoms. The van der Waals surface area contributed by atoms with Gasteiger partial charge in [0.15, 0.2) is 0 Å². The first kappa shape index (κ1) is 14.6. The molecule has 0 bridgehead atoms. The summed E-state index contributed by atoms with van der Waals surface area (Å²) < 4.78 is 18.3. The molecule has 6 heteroatoms. The van der Waals surface area contributed by atoms with Crippen LogP contribution in [-0.4, -0.2) is 11.1 Å². The number of carboxylic acids is 1. The third-order valence-corrected chi connectivity index (χ3v) is 3.22. The van der Waals surface area contributed by atoms with E-state index in [9.17, 15) is 9.18 Å². The topological polar surface area (TPSA) is 46.5 Å². The maximum Gasteiger partial charge on any atom is 0.335 e. The fourth-order valence-electron chi connectivity index (χ4n) is 1.55. The van der Waals surface area contributed by atoms with Gasteiger partial charge in [0.05, 0.1) is 10.6 Å². The highest BCUT2D eigenvalue weighted by Crippen LogP contribution is 2.27. The summed E-state index contributed by atoms with van der Waals surface area (Å²) in [6.07, 6.45) is 0. The van der Waals surface area contributed by atoms with Crippen molar-refractivity contribution in [3.63, 3.8) is 0 Å². The lowest BCUT2D eigenvalue weighted by Gasteiger charge is -2.09. The second-order valence-electron chi connectivity index (χ2n) is 3.97. The van der Waals surface area contributed by atoms with E-state index in [0.29, 0.717) is 11.3 Å². The van der Waals surface area contributed by atoms with E-state index in [1.54, 1.807) is 6.07 Å². The number of halogens is 3. The zero-order valence-corrected chi connectivity index (χ0v) is 11.6. The van der Waals surface area contributed by atoms with Gasteiger partial charge in [0.1, 0.15) is 18.2 Å². The van der Waals surface area contributed by atoms with Gasteiger partial charge < -0.3 is 9.84 Å². The van der Waals surface area contributed by atoms with Crippen molar-refractivity contribution in [1.29, 1.82) is 0 Å². The molecule has 0 heterocycles. The summed E-state index contributed by atoms with van der Waals surface area (Å²) in [4.78, 5) is 10.8. The summed E-state index contributed by atoms with van der Waals surface area (Å²) in [5.74, 6) is -1.18. The standard InChI is InChI=1S/C14H9Cl2FO3/c15-11-5-8(14(18)19)1-2-9(11)7-20-13-4-3-10(17)6-12(13)16/h1-6H,7H2,(H,18,19). The van der Waals surface area contributed by atoms with Crippen LogP contribution in [-0.2, 0) is 6.61 Å². The van der Waals surface area contributed by atoms with Crippen molar-refractivity contribution in [3.8, 4) is 5.75 Å². The molecule has 2 aromatic carbocycles. The van der Waals surface area contributed by atoms with E-state index < -0.39 is 11.8 Å². The van der Waals surface area contributed by atoms with Crippen LogP contribution in [0.15, 0.2) is 36.4 Å². The number of benzene rings is 2. The normalized spacial score (nSPS) is 10.3. The van der Waals surface area contributed by atoms with Gasteiger partial charge in [0, 0.05) is 10.6 Å². The van der Waals surface area contributed by atoms with Gasteiger partial charge in [-0.3, -0.25) is 0 Å². The Labute approximate surface area is 124 Å². The highest BCUT2D eigenvalue weighted by molar-refractivity contribution is 6.32. The zero-order valence-electron chi connectivity index (χ0n) is 10.1. The molecule has 104 valence electrons. The molecule has 2 aromatic rings. The molecule has 1 N–H and O–H groups in total. The van der Waals surface area contributed by atoms with Crippen LogP contribution >= 0.6 is 23.2 Å². The van der Waals surface area contributed by atoms with E-state index in [0.717, 1.165) is 6.07 Å². The number of carbonyl (C=O) groups is 1. The average molecular weight is 315 g/mol. The van der Waals surface area contributed by atoms with Crippen LogP contribution in [0.25, 0.3) is 0 Å². The van der Waals surface area contributed by atoms with Gasteiger partial charge in [0.2, 0.25) is 0 Å². The Kier molecular flexibility index (Phi) is 4.47. The Hall–Kier alpha value is -1.78. The second-order valence-corrected chi connectivity index (χ2v) is 4.79. The molecule has 0 aliphatic heterocycles. The minimum atomic E-state index is -1.05. The zero-order chi connectivity index (χ0) is 14.7. The smallest absolute Gasteiger partial charge is 0.335 e. The van der Waals surface area contributed by atoms with Crippen LogP contribution in [0.1, 0.15) is 15.9 Å².